The van der Waals surface area contributed by atoms with Gasteiger partial charge >= 0.3 is 0 Å². The van der Waals surface area contributed by atoms with Crippen molar-refractivity contribution in [3.05, 3.63) is 23.8 Å². The molecule has 0 saturated carbocycles. The third-order valence-corrected chi connectivity index (χ3v) is 2.76. The molecule has 1 aromatic carbocycles. The number of anilines is 1. The molecule has 3 nitrogen and oxygen atoms in total. The molecule has 0 aromatic heterocycles. The smallest absolute Gasteiger partial charge is 0.223 e. The highest BCUT2D eigenvalue weighted by Gasteiger charge is 2.13. The molecular weight excluding hydrogens is 190 g/mol. The molecule has 1 aromatic rings. The molecule has 1 heterocycles. The standard InChI is InChI=1S/C12H15NO2/c1-9(14)13(2)11-6-5-10-4-3-7-15-12(10)8-11/h5-6,8H,3-4,7H2,1-2H3. The van der Waals surface area contributed by atoms with Gasteiger partial charge in [-0.15, -0.1) is 0 Å². The van der Waals surface area contributed by atoms with Crippen LogP contribution < -0.4 is 9.64 Å². The minimum atomic E-state index is 0.0331. The van der Waals surface area contributed by atoms with Gasteiger partial charge in [0.2, 0.25) is 5.91 Å². The largest absolute Gasteiger partial charge is 0.493 e. The molecule has 1 aliphatic heterocycles. The number of hydrogen-bond acceptors (Lipinski definition) is 2. The summed E-state index contributed by atoms with van der Waals surface area (Å²) in [6.45, 7) is 2.33. The third kappa shape index (κ3) is 1.96. The van der Waals surface area contributed by atoms with Crippen LogP contribution in [0.15, 0.2) is 18.2 Å². The second kappa shape index (κ2) is 3.93. The molecule has 0 fully saturated rings. The molecule has 0 N–H and O–H groups in total. The van der Waals surface area contributed by atoms with E-state index in [1.165, 1.54) is 5.56 Å². The monoisotopic (exact) mass is 205 g/mol. The number of benzene rings is 1. The van der Waals surface area contributed by atoms with Gasteiger partial charge < -0.3 is 9.64 Å². The molecule has 0 spiro atoms. The molecule has 0 bridgehead atoms. The van der Waals surface area contributed by atoms with Crippen LogP contribution >= 0.6 is 0 Å². The van der Waals surface area contributed by atoms with Crippen molar-refractivity contribution >= 4 is 11.6 Å². The molecular formula is C12H15NO2. The Morgan fingerprint density at radius 1 is 1.47 bits per heavy atom. The van der Waals surface area contributed by atoms with Crippen LogP contribution in [0.25, 0.3) is 0 Å². The van der Waals surface area contributed by atoms with Crippen LogP contribution in [0.3, 0.4) is 0 Å². The molecule has 1 aliphatic rings. The number of fused-ring (bicyclic) bond motifs is 1. The minimum absolute atomic E-state index is 0.0331. The van der Waals surface area contributed by atoms with Gasteiger partial charge in [0.25, 0.3) is 0 Å². The zero-order chi connectivity index (χ0) is 10.8. The predicted octanol–water partition coefficient (Wildman–Crippen LogP) is 1.99. The van der Waals surface area contributed by atoms with E-state index in [0.717, 1.165) is 30.9 Å². The van der Waals surface area contributed by atoms with Crippen LogP contribution in [0.2, 0.25) is 0 Å². The summed E-state index contributed by atoms with van der Waals surface area (Å²) < 4.78 is 5.56. The maximum Gasteiger partial charge on any atom is 0.223 e. The maximum absolute atomic E-state index is 11.2. The fourth-order valence-corrected chi connectivity index (χ4v) is 1.72. The van der Waals surface area contributed by atoms with E-state index in [4.69, 9.17) is 4.74 Å². The van der Waals surface area contributed by atoms with E-state index in [0.29, 0.717) is 0 Å². The summed E-state index contributed by atoms with van der Waals surface area (Å²) >= 11 is 0. The quantitative estimate of drug-likeness (QED) is 0.701. The van der Waals surface area contributed by atoms with Gasteiger partial charge in [-0.05, 0) is 24.5 Å². The van der Waals surface area contributed by atoms with Gasteiger partial charge in [-0.25, -0.2) is 0 Å². The van der Waals surface area contributed by atoms with E-state index < -0.39 is 0 Å². The second-order valence-corrected chi connectivity index (χ2v) is 3.82. The Bertz CT molecular complexity index is 387. The Kier molecular flexibility index (Phi) is 2.62. The Morgan fingerprint density at radius 2 is 2.27 bits per heavy atom. The topological polar surface area (TPSA) is 29.5 Å². The number of amides is 1. The first-order valence-corrected chi connectivity index (χ1v) is 5.18. The summed E-state index contributed by atoms with van der Waals surface area (Å²) in [5.41, 5.74) is 2.13. The lowest BCUT2D eigenvalue weighted by Gasteiger charge is -2.21. The van der Waals surface area contributed by atoms with E-state index in [2.05, 4.69) is 0 Å². The zero-order valence-electron chi connectivity index (χ0n) is 9.12. The molecule has 0 radical (unpaired) electrons. The van der Waals surface area contributed by atoms with Crippen molar-refractivity contribution in [2.75, 3.05) is 18.6 Å². The maximum atomic E-state index is 11.2. The number of carbonyl (C=O) groups is 1. The van der Waals surface area contributed by atoms with Gasteiger partial charge in [0, 0.05) is 25.7 Å². The Morgan fingerprint density at radius 3 is 3.00 bits per heavy atom. The van der Waals surface area contributed by atoms with Crippen molar-refractivity contribution in [1.29, 1.82) is 0 Å². The minimum Gasteiger partial charge on any atom is -0.493 e. The molecule has 15 heavy (non-hydrogen) atoms. The number of rotatable bonds is 1. The van der Waals surface area contributed by atoms with Crippen LogP contribution in [0, 0.1) is 0 Å². The van der Waals surface area contributed by atoms with Crippen LogP contribution in [0.5, 0.6) is 5.75 Å². The van der Waals surface area contributed by atoms with Crippen LogP contribution in [-0.2, 0) is 11.2 Å². The lowest BCUT2D eigenvalue weighted by Crippen LogP contribution is -2.23. The Labute approximate surface area is 89.7 Å². The molecule has 0 aliphatic carbocycles. The fraction of sp³-hybridized carbons (Fsp3) is 0.417. The summed E-state index contributed by atoms with van der Waals surface area (Å²) in [4.78, 5) is 12.8. The van der Waals surface area contributed by atoms with E-state index in [1.54, 1.807) is 18.9 Å². The van der Waals surface area contributed by atoms with E-state index in [-0.39, 0.29) is 5.91 Å². The van der Waals surface area contributed by atoms with Gasteiger partial charge in [0.05, 0.1) is 6.61 Å². The summed E-state index contributed by atoms with van der Waals surface area (Å²) in [6.07, 6.45) is 2.15. The van der Waals surface area contributed by atoms with E-state index in [9.17, 15) is 4.79 Å². The molecule has 80 valence electrons. The molecule has 0 atom stereocenters. The number of aryl methyl sites for hydroxylation is 1. The number of ether oxygens (including phenoxy) is 1. The molecule has 0 saturated heterocycles. The predicted molar refractivity (Wildman–Crippen MR) is 59.3 cm³/mol. The molecule has 2 rings (SSSR count). The number of nitrogens with zero attached hydrogens (tertiary/aromatic N) is 1. The first-order valence-electron chi connectivity index (χ1n) is 5.18. The van der Waals surface area contributed by atoms with Gasteiger partial charge in [0.1, 0.15) is 5.75 Å². The second-order valence-electron chi connectivity index (χ2n) is 3.82. The summed E-state index contributed by atoms with van der Waals surface area (Å²) in [5, 5.41) is 0. The summed E-state index contributed by atoms with van der Waals surface area (Å²) in [6, 6.07) is 5.95. The Hall–Kier alpha value is -1.51. The van der Waals surface area contributed by atoms with Crippen molar-refractivity contribution < 1.29 is 9.53 Å². The Balaban J connectivity index is 2.31. The average molecular weight is 205 g/mol. The van der Waals surface area contributed by atoms with E-state index in [1.807, 2.05) is 18.2 Å². The van der Waals surface area contributed by atoms with Crippen LogP contribution in [-0.4, -0.2) is 19.6 Å². The molecule has 1 amide bonds. The lowest BCUT2D eigenvalue weighted by molar-refractivity contribution is -0.116. The fourth-order valence-electron chi connectivity index (χ4n) is 1.72. The first-order chi connectivity index (χ1) is 7.18. The van der Waals surface area contributed by atoms with Crippen molar-refractivity contribution in [2.24, 2.45) is 0 Å². The van der Waals surface area contributed by atoms with E-state index >= 15 is 0 Å². The van der Waals surface area contributed by atoms with Crippen molar-refractivity contribution in [3.8, 4) is 5.75 Å². The summed E-state index contributed by atoms with van der Waals surface area (Å²) in [7, 11) is 1.77. The molecule has 3 heteroatoms. The highest BCUT2D eigenvalue weighted by molar-refractivity contribution is 5.91. The third-order valence-electron chi connectivity index (χ3n) is 2.76. The lowest BCUT2D eigenvalue weighted by atomic mass is 10.1. The van der Waals surface area contributed by atoms with Gasteiger partial charge in [-0.3, -0.25) is 4.79 Å². The highest BCUT2D eigenvalue weighted by Crippen LogP contribution is 2.29. The van der Waals surface area contributed by atoms with Gasteiger partial charge in [-0.2, -0.15) is 0 Å². The average Bonchev–Trinajstić information content (AvgIpc) is 2.27. The van der Waals surface area contributed by atoms with Crippen molar-refractivity contribution in [2.45, 2.75) is 19.8 Å². The first kappa shape index (κ1) is 10.0. The van der Waals surface area contributed by atoms with Crippen LogP contribution in [0.1, 0.15) is 18.9 Å². The van der Waals surface area contributed by atoms with Gasteiger partial charge in [0.15, 0.2) is 0 Å². The van der Waals surface area contributed by atoms with Gasteiger partial charge in [-0.1, -0.05) is 6.07 Å². The molecule has 0 unspecified atom stereocenters. The summed E-state index contributed by atoms with van der Waals surface area (Å²) in [5.74, 6) is 0.956. The number of hydrogen-bond donors (Lipinski definition) is 0. The van der Waals surface area contributed by atoms with Crippen molar-refractivity contribution in [3.63, 3.8) is 0 Å². The normalized spacial score (nSPS) is 14.0. The SMILES string of the molecule is CC(=O)N(C)c1ccc2c(c1)OCCC2. The zero-order valence-corrected chi connectivity index (χ0v) is 9.12. The highest BCUT2D eigenvalue weighted by atomic mass is 16.5. The van der Waals surface area contributed by atoms with Crippen LogP contribution in [0.4, 0.5) is 5.69 Å². The van der Waals surface area contributed by atoms with Crippen molar-refractivity contribution in [1.82, 2.24) is 0 Å². The number of carbonyl (C=O) groups excluding carboxylic acids is 1.